The van der Waals surface area contributed by atoms with Crippen molar-refractivity contribution in [3.05, 3.63) is 71.4 Å². The summed E-state index contributed by atoms with van der Waals surface area (Å²) < 4.78 is 47.0. The number of nitrogens with zero attached hydrogens (tertiary/aromatic N) is 4. The summed E-state index contributed by atoms with van der Waals surface area (Å²) in [4.78, 5) is 37.6. The van der Waals surface area contributed by atoms with Crippen molar-refractivity contribution in [1.82, 2.24) is 15.2 Å². The minimum absolute atomic E-state index is 0.154. The number of nitrogens with one attached hydrogen (secondary N) is 1. The quantitative estimate of drug-likeness (QED) is 0.275. The molecule has 2 aliphatic rings. The molecule has 10 nitrogen and oxygen atoms in total. The first-order chi connectivity index (χ1) is 23.1. The van der Waals surface area contributed by atoms with Crippen molar-refractivity contribution in [3.63, 3.8) is 0 Å². The molecular formula is C35H44F3N7O3. The lowest BCUT2D eigenvalue weighted by molar-refractivity contribution is -0.137. The molecule has 0 bridgehead atoms. The van der Waals surface area contributed by atoms with Gasteiger partial charge in [0.05, 0.1) is 29.0 Å². The van der Waals surface area contributed by atoms with Crippen LogP contribution in [0.25, 0.3) is 11.1 Å². The first-order valence-electron chi connectivity index (χ1n) is 16.5. The van der Waals surface area contributed by atoms with Gasteiger partial charge in [0, 0.05) is 69.3 Å². The third kappa shape index (κ3) is 7.52. The zero-order chi connectivity index (χ0) is 34.4. The van der Waals surface area contributed by atoms with Gasteiger partial charge >= 0.3 is 6.18 Å². The van der Waals surface area contributed by atoms with E-state index in [9.17, 15) is 22.8 Å². The van der Waals surface area contributed by atoms with Crippen LogP contribution in [0.1, 0.15) is 53.0 Å². The van der Waals surface area contributed by atoms with Gasteiger partial charge in [0.25, 0.3) is 11.8 Å². The highest BCUT2D eigenvalue weighted by molar-refractivity contribution is 6.02. The first-order valence-corrected chi connectivity index (χ1v) is 16.5. The Morgan fingerprint density at radius 1 is 1.00 bits per heavy atom. The Kier molecular flexibility index (Phi) is 11.1. The molecule has 0 spiro atoms. The first kappa shape index (κ1) is 35.0. The standard InChI is InChI=1S/C35H44F3N7O3/c1-3-26-22-44(34(47)28-9-8-25(35(36,37)38)19-31(28)43-15-11-23(20-40)21-43)16-17-45(26)30-10-7-24(18-29(30)32(46)41-14-12-39)27-6-5-13-42-33(27)48-4-2/h5-10,13,18-19,23,26H,3-4,11-12,14-17,20-22,39-40H2,1-2H3,(H,41,46)/t23-,26+/m0/s1. The van der Waals surface area contributed by atoms with Crippen molar-refractivity contribution in [3.8, 4) is 17.0 Å². The minimum atomic E-state index is -4.53. The molecule has 3 aromatic rings. The van der Waals surface area contributed by atoms with Crippen molar-refractivity contribution >= 4 is 23.2 Å². The van der Waals surface area contributed by atoms with Crippen LogP contribution in [0.15, 0.2) is 54.7 Å². The van der Waals surface area contributed by atoms with E-state index in [1.54, 1.807) is 11.1 Å². The highest BCUT2D eigenvalue weighted by Gasteiger charge is 2.36. The second-order valence-corrected chi connectivity index (χ2v) is 12.1. The van der Waals surface area contributed by atoms with Crippen molar-refractivity contribution in [1.29, 1.82) is 0 Å². The molecule has 0 radical (unpaired) electrons. The number of hydrogen-bond acceptors (Lipinski definition) is 8. The van der Waals surface area contributed by atoms with Gasteiger partial charge in [0.1, 0.15) is 0 Å². The molecule has 2 saturated heterocycles. The van der Waals surface area contributed by atoms with E-state index in [2.05, 4.69) is 15.2 Å². The van der Waals surface area contributed by atoms with Crippen LogP contribution >= 0.6 is 0 Å². The van der Waals surface area contributed by atoms with E-state index in [1.807, 2.05) is 49.1 Å². The van der Waals surface area contributed by atoms with Gasteiger partial charge < -0.3 is 36.2 Å². The fourth-order valence-corrected chi connectivity index (χ4v) is 6.55. The lowest BCUT2D eigenvalue weighted by Crippen LogP contribution is -2.55. The number of hydrogen-bond donors (Lipinski definition) is 3. The molecule has 2 fully saturated rings. The van der Waals surface area contributed by atoms with Crippen LogP contribution in [0.3, 0.4) is 0 Å². The van der Waals surface area contributed by atoms with Gasteiger partial charge in [-0.3, -0.25) is 9.59 Å². The lowest BCUT2D eigenvalue weighted by Gasteiger charge is -2.43. The number of aromatic nitrogens is 1. The Balaban J connectivity index is 1.44. The van der Waals surface area contributed by atoms with Crippen LogP contribution < -0.4 is 31.3 Å². The summed E-state index contributed by atoms with van der Waals surface area (Å²) in [5.74, 6) is 0.0319. The molecule has 0 unspecified atom stereocenters. The molecular weight excluding hydrogens is 623 g/mol. The maximum Gasteiger partial charge on any atom is 0.416 e. The molecule has 0 saturated carbocycles. The Labute approximate surface area is 279 Å². The monoisotopic (exact) mass is 667 g/mol. The van der Waals surface area contributed by atoms with E-state index >= 15 is 0 Å². The fourth-order valence-electron chi connectivity index (χ4n) is 6.55. The molecule has 3 heterocycles. The van der Waals surface area contributed by atoms with Gasteiger partial charge in [-0.25, -0.2) is 4.98 Å². The second kappa shape index (κ2) is 15.2. The maximum atomic E-state index is 14.1. The Morgan fingerprint density at radius 2 is 1.81 bits per heavy atom. The number of piperazine rings is 1. The Hall–Kier alpha value is -4.36. The summed E-state index contributed by atoms with van der Waals surface area (Å²) in [5, 5.41) is 2.89. The number of pyridine rings is 1. The lowest BCUT2D eigenvalue weighted by atomic mass is 9.98. The number of ether oxygens (including phenoxy) is 1. The van der Waals surface area contributed by atoms with E-state index in [0.29, 0.717) is 76.0 Å². The average Bonchev–Trinajstić information content (AvgIpc) is 3.59. The van der Waals surface area contributed by atoms with E-state index in [4.69, 9.17) is 16.2 Å². The number of carbonyl (C=O) groups is 2. The maximum absolute atomic E-state index is 14.1. The zero-order valence-electron chi connectivity index (χ0n) is 27.4. The zero-order valence-corrected chi connectivity index (χ0v) is 27.4. The average molecular weight is 668 g/mol. The number of carbonyl (C=O) groups excluding carboxylic acids is 2. The van der Waals surface area contributed by atoms with Crippen molar-refractivity contribution in [2.24, 2.45) is 17.4 Å². The molecule has 5 N–H and O–H groups in total. The summed E-state index contributed by atoms with van der Waals surface area (Å²) >= 11 is 0. The predicted octanol–water partition coefficient (Wildman–Crippen LogP) is 4.38. The molecule has 2 amide bonds. The van der Waals surface area contributed by atoms with E-state index in [-0.39, 0.29) is 41.6 Å². The van der Waals surface area contributed by atoms with Gasteiger partial charge in [0.15, 0.2) is 0 Å². The van der Waals surface area contributed by atoms with Crippen LogP contribution in [-0.2, 0) is 6.18 Å². The Bertz CT molecular complexity index is 1600. The minimum Gasteiger partial charge on any atom is -0.478 e. The molecule has 48 heavy (non-hydrogen) atoms. The van der Waals surface area contributed by atoms with E-state index in [0.717, 1.165) is 29.7 Å². The third-order valence-electron chi connectivity index (χ3n) is 9.10. The number of rotatable bonds is 11. The number of benzene rings is 2. The fraction of sp³-hybridized carbons (Fsp3) is 0.457. The van der Waals surface area contributed by atoms with Gasteiger partial charge in [-0.15, -0.1) is 0 Å². The number of halogens is 3. The number of nitrogens with two attached hydrogens (primary N) is 2. The number of alkyl halides is 3. The summed E-state index contributed by atoms with van der Waals surface area (Å²) in [6, 6.07) is 12.6. The molecule has 13 heteroatoms. The molecule has 5 rings (SSSR count). The topological polar surface area (TPSA) is 130 Å². The van der Waals surface area contributed by atoms with Crippen molar-refractivity contribution in [2.75, 3.05) is 68.8 Å². The molecule has 2 atom stereocenters. The van der Waals surface area contributed by atoms with Crippen LogP contribution in [0.5, 0.6) is 5.88 Å². The van der Waals surface area contributed by atoms with Crippen LogP contribution in [0.2, 0.25) is 0 Å². The predicted molar refractivity (Wildman–Crippen MR) is 180 cm³/mol. The van der Waals surface area contributed by atoms with E-state index in [1.165, 1.54) is 6.07 Å². The van der Waals surface area contributed by atoms with Gasteiger partial charge in [0.2, 0.25) is 5.88 Å². The van der Waals surface area contributed by atoms with Gasteiger partial charge in [-0.2, -0.15) is 13.2 Å². The summed E-state index contributed by atoms with van der Waals surface area (Å²) in [6.07, 6.45) is -1.46. The van der Waals surface area contributed by atoms with Crippen molar-refractivity contribution < 1.29 is 27.5 Å². The summed E-state index contributed by atoms with van der Waals surface area (Å²) in [6.45, 7) is 7.47. The molecule has 0 aliphatic carbocycles. The molecule has 2 aromatic carbocycles. The summed E-state index contributed by atoms with van der Waals surface area (Å²) in [5.41, 5.74) is 14.0. The van der Waals surface area contributed by atoms with Crippen LogP contribution in [0, 0.1) is 5.92 Å². The molecule has 258 valence electrons. The van der Waals surface area contributed by atoms with Crippen LogP contribution in [-0.4, -0.2) is 86.7 Å². The highest BCUT2D eigenvalue weighted by Crippen LogP contribution is 2.37. The second-order valence-electron chi connectivity index (χ2n) is 12.1. The van der Waals surface area contributed by atoms with Gasteiger partial charge in [-0.05, 0) is 80.3 Å². The number of anilines is 2. The van der Waals surface area contributed by atoms with Crippen LogP contribution in [0.4, 0.5) is 24.5 Å². The highest BCUT2D eigenvalue weighted by atomic mass is 19.4. The Morgan fingerprint density at radius 3 is 2.50 bits per heavy atom. The molecule has 2 aliphatic heterocycles. The number of amides is 2. The molecule has 1 aromatic heterocycles. The third-order valence-corrected chi connectivity index (χ3v) is 9.10. The SMILES string of the molecule is CCOc1ncccc1-c1ccc(N2CCN(C(=O)c3ccc(C(F)(F)F)cc3N3CC[C@@H](CN)C3)C[C@H]2CC)c(C(=O)NCCN)c1. The smallest absolute Gasteiger partial charge is 0.416 e. The van der Waals surface area contributed by atoms with E-state index < -0.39 is 11.7 Å². The largest absolute Gasteiger partial charge is 0.478 e. The normalized spacial score (nSPS) is 18.3. The van der Waals surface area contributed by atoms with Gasteiger partial charge in [-0.1, -0.05) is 13.0 Å². The summed E-state index contributed by atoms with van der Waals surface area (Å²) in [7, 11) is 0. The van der Waals surface area contributed by atoms with Crippen molar-refractivity contribution in [2.45, 2.75) is 38.9 Å².